The Hall–Kier alpha value is -2.64. The van der Waals surface area contributed by atoms with Gasteiger partial charge in [-0.1, -0.05) is 35.0 Å². The summed E-state index contributed by atoms with van der Waals surface area (Å²) in [6.07, 6.45) is 1.21. The second-order valence-electron chi connectivity index (χ2n) is 7.00. The van der Waals surface area contributed by atoms with Crippen molar-refractivity contribution < 1.29 is 24.5 Å². The van der Waals surface area contributed by atoms with Crippen molar-refractivity contribution in [2.45, 2.75) is 25.8 Å². The quantitative estimate of drug-likeness (QED) is 0.343. The highest BCUT2D eigenvalue weighted by Gasteiger charge is 2.45. The summed E-state index contributed by atoms with van der Waals surface area (Å²) >= 11 is 3.42. The number of amides is 1. The molecule has 1 unspecified atom stereocenters. The molecule has 2 N–H and O–H groups in total. The van der Waals surface area contributed by atoms with E-state index in [4.69, 9.17) is 4.74 Å². The topological polar surface area (TPSA) is 87.1 Å². The molecule has 2 aromatic carbocycles. The monoisotopic (exact) mass is 473 g/mol. The lowest BCUT2D eigenvalue weighted by atomic mass is 9.95. The molecule has 1 aliphatic heterocycles. The molecule has 6 nitrogen and oxygen atoms in total. The van der Waals surface area contributed by atoms with Crippen LogP contribution in [0.25, 0.3) is 5.76 Å². The Morgan fingerprint density at radius 2 is 1.90 bits per heavy atom. The average Bonchev–Trinajstić information content (AvgIpc) is 3.01. The molecule has 0 saturated carbocycles. The first-order chi connectivity index (χ1) is 14.5. The minimum Gasteiger partial charge on any atom is -0.507 e. The highest BCUT2D eigenvalue weighted by molar-refractivity contribution is 9.10. The number of carbonyl (C=O) groups excluding carboxylic acids is 2. The van der Waals surface area contributed by atoms with Gasteiger partial charge >= 0.3 is 0 Å². The molecule has 7 heteroatoms. The Morgan fingerprint density at radius 1 is 1.17 bits per heavy atom. The number of hydrogen-bond donors (Lipinski definition) is 2. The first-order valence-electron chi connectivity index (χ1n) is 9.86. The van der Waals surface area contributed by atoms with Crippen molar-refractivity contribution in [3.05, 3.63) is 69.7 Å². The molecule has 0 spiro atoms. The third-order valence-corrected chi connectivity index (χ3v) is 5.36. The lowest BCUT2D eigenvalue weighted by Gasteiger charge is -2.25. The lowest BCUT2D eigenvalue weighted by Crippen LogP contribution is -2.31. The van der Waals surface area contributed by atoms with Crippen molar-refractivity contribution in [1.82, 2.24) is 4.90 Å². The van der Waals surface area contributed by atoms with Gasteiger partial charge < -0.3 is 19.8 Å². The van der Waals surface area contributed by atoms with Crippen molar-refractivity contribution in [1.29, 1.82) is 0 Å². The summed E-state index contributed by atoms with van der Waals surface area (Å²) in [5.74, 6) is -0.980. The van der Waals surface area contributed by atoms with E-state index in [0.717, 1.165) is 10.9 Å². The predicted octanol–water partition coefficient (Wildman–Crippen LogP) is 4.04. The molecule has 3 rings (SSSR count). The molecular formula is C23H24BrNO5. The number of ether oxygens (including phenoxy) is 1. The van der Waals surface area contributed by atoms with Crippen LogP contribution < -0.4 is 4.74 Å². The molecule has 1 fully saturated rings. The van der Waals surface area contributed by atoms with Crippen LogP contribution in [0.5, 0.6) is 5.75 Å². The van der Waals surface area contributed by atoms with Crippen molar-refractivity contribution >= 4 is 33.4 Å². The van der Waals surface area contributed by atoms with Crippen LogP contribution in [0.15, 0.2) is 58.6 Å². The van der Waals surface area contributed by atoms with Crippen LogP contribution in [0.1, 0.15) is 36.9 Å². The molecule has 158 valence electrons. The van der Waals surface area contributed by atoms with Crippen LogP contribution in [0.4, 0.5) is 0 Å². The molecule has 1 atom stereocenters. The number of ketones is 1. The maximum absolute atomic E-state index is 12.9. The van der Waals surface area contributed by atoms with E-state index in [1.807, 2.05) is 31.2 Å². The summed E-state index contributed by atoms with van der Waals surface area (Å²) in [6.45, 7) is 2.70. The van der Waals surface area contributed by atoms with Gasteiger partial charge in [-0.3, -0.25) is 9.59 Å². The number of halogens is 1. The van der Waals surface area contributed by atoms with E-state index >= 15 is 0 Å². The van der Waals surface area contributed by atoms with Crippen molar-refractivity contribution in [3.8, 4) is 5.75 Å². The van der Waals surface area contributed by atoms with E-state index in [-0.39, 0.29) is 24.5 Å². The fraction of sp³-hybridized carbons (Fsp3) is 0.304. The van der Waals surface area contributed by atoms with Gasteiger partial charge in [-0.25, -0.2) is 0 Å². The van der Waals surface area contributed by atoms with E-state index in [9.17, 15) is 19.8 Å². The lowest BCUT2D eigenvalue weighted by molar-refractivity contribution is -0.140. The van der Waals surface area contributed by atoms with Crippen LogP contribution in [0.2, 0.25) is 0 Å². The van der Waals surface area contributed by atoms with Crippen LogP contribution >= 0.6 is 15.9 Å². The standard InChI is InChI=1S/C23H24BrNO5/c1-2-13-30-18-9-7-15(8-10-18)21(27)19-20(16-5-3-6-17(24)14-16)25(11-4-12-26)23(29)22(19)28/h3,5-10,14,20,26-27H,2,4,11-13H2,1H3/b21-19-. The van der Waals surface area contributed by atoms with E-state index in [1.165, 1.54) is 4.90 Å². The molecule has 0 aliphatic carbocycles. The Balaban J connectivity index is 2.06. The minimum absolute atomic E-state index is 0.0401. The second kappa shape index (κ2) is 9.91. The van der Waals surface area contributed by atoms with Crippen molar-refractivity contribution in [3.63, 3.8) is 0 Å². The van der Waals surface area contributed by atoms with Crippen molar-refractivity contribution in [2.24, 2.45) is 0 Å². The number of benzene rings is 2. The minimum atomic E-state index is -0.735. The summed E-state index contributed by atoms with van der Waals surface area (Å²) in [4.78, 5) is 27.0. The van der Waals surface area contributed by atoms with Crippen LogP contribution in [-0.2, 0) is 9.59 Å². The van der Waals surface area contributed by atoms with Gasteiger partial charge in [0.05, 0.1) is 18.2 Å². The van der Waals surface area contributed by atoms with E-state index in [0.29, 0.717) is 29.9 Å². The molecule has 1 saturated heterocycles. The molecule has 0 radical (unpaired) electrons. The first-order valence-corrected chi connectivity index (χ1v) is 10.6. The number of aliphatic hydroxyl groups is 2. The SMILES string of the molecule is CCCOc1ccc(/C(O)=C2/C(=O)C(=O)N(CCCO)C2c2cccc(Br)c2)cc1. The first kappa shape index (κ1) is 22.1. The second-order valence-corrected chi connectivity index (χ2v) is 7.91. The third-order valence-electron chi connectivity index (χ3n) is 4.86. The highest BCUT2D eigenvalue weighted by atomic mass is 79.9. The Labute approximate surface area is 183 Å². The number of Topliss-reactive ketones (excluding diaryl/α,β-unsaturated/α-hetero) is 1. The molecule has 30 heavy (non-hydrogen) atoms. The Morgan fingerprint density at radius 3 is 2.53 bits per heavy atom. The van der Waals surface area contributed by atoms with Gasteiger partial charge in [0, 0.05) is 23.2 Å². The molecule has 2 aromatic rings. The summed E-state index contributed by atoms with van der Waals surface area (Å²) < 4.78 is 6.36. The van der Waals surface area contributed by atoms with E-state index in [1.54, 1.807) is 24.3 Å². The summed E-state index contributed by atoms with van der Waals surface area (Å²) in [5.41, 5.74) is 1.17. The van der Waals surface area contributed by atoms with Gasteiger partial charge in [0.2, 0.25) is 0 Å². The predicted molar refractivity (Wildman–Crippen MR) is 117 cm³/mol. The number of rotatable bonds is 8. The maximum Gasteiger partial charge on any atom is 0.295 e. The van der Waals surface area contributed by atoms with Crippen LogP contribution in [0.3, 0.4) is 0 Å². The molecule has 0 aromatic heterocycles. The van der Waals surface area contributed by atoms with Gasteiger partial charge in [-0.05, 0) is 54.8 Å². The Bertz CT molecular complexity index is 954. The van der Waals surface area contributed by atoms with E-state index in [2.05, 4.69) is 15.9 Å². The van der Waals surface area contributed by atoms with Crippen LogP contribution in [0, 0.1) is 0 Å². The third kappa shape index (κ3) is 4.57. The van der Waals surface area contributed by atoms with Crippen LogP contribution in [-0.4, -0.2) is 46.6 Å². The number of carbonyl (C=O) groups is 2. The zero-order chi connectivity index (χ0) is 21.7. The summed E-state index contributed by atoms with van der Waals surface area (Å²) in [6, 6.07) is 13.3. The zero-order valence-corrected chi connectivity index (χ0v) is 18.3. The fourth-order valence-corrected chi connectivity index (χ4v) is 3.88. The number of hydrogen-bond acceptors (Lipinski definition) is 5. The summed E-state index contributed by atoms with van der Waals surface area (Å²) in [5, 5.41) is 20.2. The van der Waals surface area contributed by atoms with Gasteiger partial charge in [0.1, 0.15) is 11.5 Å². The largest absolute Gasteiger partial charge is 0.507 e. The molecular weight excluding hydrogens is 450 g/mol. The van der Waals surface area contributed by atoms with Gasteiger partial charge in [0.25, 0.3) is 11.7 Å². The number of likely N-dealkylation sites (tertiary alicyclic amines) is 1. The highest BCUT2D eigenvalue weighted by Crippen LogP contribution is 2.40. The smallest absolute Gasteiger partial charge is 0.295 e. The zero-order valence-electron chi connectivity index (χ0n) is 16.7. The molecule has 1 heterocycles. The molecule has 0 bridgehead atoms. The van der Waals surface area contributed by atoms with E-state index < -0.39 is 17.7 Å². The average molecular weight is 474 g/mol. The molecule has 1 amide bonds. The van der Waals surface area contributed by atoms with Gasteiger partial charge in [0.15, 0.2) is 0 Å². The van der Waals surface area contributed by atoms with Crippen molar-refractivity contribution in [2.75, 3.05) is 19.8 Å². The normalized spacial score (nSPS) is 18.1. The van der Waals surface area contributed by atoms with Gasteiger partial charge in [-0.15, -0.1) is 0 Å². The fourth-order valence-electron chi connectivity index (χ4n) is 3.46. The van der Waals surface area contributed by atoms with Gasteiger partial charge in [-0.2, -0.15) is 0 Å². The Kier molecular flexibility index (Phi) is 7.29. The maximum atomic E-state index is 12.9. The number of nitrogens with zero attached hydrogens (tertiary/aromatic N) is 1. The molecule has 1 aliphatic rings. The summed E-state index contributed by atoms with van der Waals surface area (Å²) in [7, 11) is 0. The number of aliphatic hydroxyl groups excluding tert-OH is 2.